The standard InChI is InChI=1S/C24H30N6O2/c1-30(2)23-20-5-3-4-6-21(20)28-24(29-23)27-18-9-7-17(8-10-18)26-22(32)15-25-16-11-13-19(31)14-12-16/h3-6,11-14,17-18,25,31H,7-10,15H2,1-2H3,(H,26,32)(H,27,28,29). The molecule has 0 bridgehead atoms. The number of anilines is 3. The minimum absolute atomic E-state index is 0.0250. The topological polar surface area (TPSA) is 102 Å². The summed E-state index contributed by atoms with van der Waals surface area (Å²) in [5, 5.41) is 20.1. The molecule has 3 aromatic rings. The fourth-order valence-electron chi connectivity index (χ4n) is 4.07. The molecule has 168 valence electrons. The van der Waals surface area contributed by atoms with Gasteiger partial charge in [0.05, 0.1) is 12.1 Å². The smallest absolute Gasteiger partial charge is 0.239 e. The highest BCUT2D eigenvalue weighted by molar-refractivity contribution is 5.90. The molecule has 1 heterocycles. The molecule has 4 rings (SSSR count). The minimum atomic E-state index is -0.0250. The summed E-state index contributed by atoms with van der Waals surface area (Å²) in [5.74, 6) is 1.73. The van der Waals surface area contributed by atoms with E-state index < -0.39 is 0 Å². The normalized spacial score (nSPS) is 18.2. The molecule has 1 saturated carbocycles. The number of hydrogen-bond acceptors (Lipinski definition) is 7. The van der Waals surface area contributed by atoms with Crippen LogP contribution in [0.5, 0.6) is 5.75 Å². The first-order chi connectivity index (χ1) is 15.5. The van der Waals surface area contributed by atoms with Gasteiger partial charge in [-0.05, 0) is 62.1 Å². The van der Waals surface area contributed by atoms with Crippen molar-refractivity contribution >= 4 is 34.3 Å². The molecule has 0 saturated heterocycles. The number of amides is 1. The number of phenolic OH excluding ortho intramolecular Hbond substituents is 1. The summed E-state index contributed by atoms with van der Waals surface area (Å²) in [6.45, 7) is 0.210. The zero-order valence-corrected chi connectivity index (χ0v) is 18.5. The molecule has 1 fully saturated rings. The molecular weight excluding hydrogens is 404 g/mol. The summed E-state index contributed by atoms with van der Waals surface area (Å²) in [6, 6.07) is 15.2. The molecule has 0 radical (unpaired) electrons. The maximum absolute atomic E-state index is 12.3. The first-order valence-corrected chi connectivity index (χ1v) is 11.0. The molecule has 1 aliphatic rings. The van der Waals surface area contributed by atoms with E-state index in [9.17, 15) is 9.90 Å². The van der Waals surface area contributed by atoms with E-state index in [0.29, 0.717) is 5.95 Å². The van der Waals surface area contributed by atoms with Crippen molar-refractivity contribution in [2.24, 2.45) is 0 Å². The lowest BCUT2D eigenvalue weighted by Gasteiger charge is -2.30. The van der Waals surface area contributed by atoms with Gasteiger partial charge in [-0.25, -0.2) is 4.98 Å². The van der Waals surface area contributed by atoms with Gasteiger partial charge in [0, 0.05) is 37.3 Å². The van der Waals surface area contributed by atoms with Crippen LogP contribution in [0.25, 0.3) is 10.9 Å². The monoisotopic (exact) mass is 434 g/mol. The van der Waals surface area contributed by atoms with Crippen LogP contribution in [0, 0.1) is 0 Å². The Hall–Kier alpha value is -3.55. The van der Waals surface area contributed by atoms with Crippen LogP contribution in [0.15, 0.2) is 48.5 Å². The molecule has 4 N–H and O–H groups in total. The Balaban J connectivity index is 1.27. The van der Waals surface area contributed by atoms with Crippen LogP contribution in [-0.2, 0) is 4.79 Å². The van der Waals surface area contributed by atoms with E-state index in [1.807, 2.05) is 43.3 Å². The molecule has 1 amide bonds. The molecule has 2 aromatic carbocycles. The summed E-state index contributed by atoms with van der Waals surface area (Å²) in [5.41, 5.74) is 1.73. The Kier molecular flexibility index (Phi) is 6.58. The Labute approximate surface area is 188 Å². The van der Waals surface area contributed by atoms with Gasteiger partial charge in [0.1, 0.15) is 11.6 Å². The van der Waals surface area contributed by atoms with Crippen LogP contribution in [0.2, 0.25) is 0 Å². The predicted octanol–water partition coefficient (Wildman–Crippen LogP) is 3.35. The molecular formula is C24H30N6O2. The van der Waals surface area contributed by atoms with Gasteiger partial charge < -0.3 is 26.0 Å². The summed E-state index contributed by atoms with van der Waals surface area (Å²) in [7, 11) is 3.98. The second-order valence-corrected chi connectivity index (χ2v) is 8.44. The van der Waals surface area contributed by atoms with Crippen molar-refractivity contribution in [1.82, 2.24) is 15.3 Å². The van der Waals surface area contributed by atoms with Crippen LogP contribution in [0.3, 0.4) is 0 Å². The van der Waals surface area contributed by atoms with Crippen molar-refractivity contribution < 1.29 is 9.90 Å². The van der Waals surface area contributed by atoms with E-state index in [4.69, 9.17) is 9.97 Å². The van der Waals surface area contributed by atoms with Crippen LogP contribution in [-0.4, -0.2) is 53.7 Å². The third kappa shape index (κ3) is 5.38. The lowest BCUT2D eigenvalue weighted by Crippen LogP contribution is -2.42. The lowest BCUT2D eigenvalue weighted by molar-refractivity contribution is -0.120. The number of phenols is 1. The summed E-state index contributed by atoms with van der Waals surface area (Å²) >= 11 is 0. The molecule has 1 aliphatic carbocycles. The van der Waals surface area contributed by atoms with E-state index in [1.165, 1.54) is 0 Å². The molecule has 1 aromatic heterocycles. The molecule has 8 nitrogen and oxygen atoms in total. The van der Waals surface area contributed by atoms with Crippen LogP contribution in [0.4, 0.5) is 17.5 Å². The zero-order chi connectivity index (χ0) is 22.5. The van der Waals surface area contributed by atoms with E-state index >= 15 is 0 Å². The lowest BCUT2D eigenvalue weighted by atomic mass is 9.91. The molecule has 0 spiro atoms. The zero-order valence-electron chi connectivity index (χ0n) is 18.5. The van der Waals surface area contributed by atoms with Crippen LogP contribution < -0.4 is 20.9 Å². The highest BCUT2D eigenvalue weighted by Gasteiger charge is 2.23. The Morgan fingerprint density at radius 3 is 2.41 bits per heavy atom. The number of fused-ring (bicyclic) bond motifs is 1. The predicted molar refractivity (Wildman–Crippen MR) is 128 cm³/mol. The molecule has 8 heteroatoms. The highest BCUT2D eigenvalue weighted by atomic mass is 16.3. The van der Waals surface area contributed by atoms with E-state index in [2.05, 4.69) is 16.0 Å². The number of hydrogen-bond donors (Lipinski definition) is 4. The number of carbonyl (C=O) groups excluding carboxylic acids is 1. The average Bonchev–Trinajstić information content (AvgIpc) is 2.79. The van der Waals surface area contributed by atoms with Crippen molar-refractivity contribution in [3.05, 3.63) is 48.5 Å². The van der Waals surface area contributed by atoms with Gasteiger partial charge >= 0.3 is 0 Å². The maximum atomic E-state index is 12.3. The number of aromatic hydroxyl groups is 1. The number of para-hydroxylation sites is 1. The summed E-state index contributed by atoms with van der Waals surface area (Å²) in [4.78, 5) is 23.7. The number of aromatic nitrogens is 2. The minimum Gasteiger partial charge on any atom is -0.508 e. The Morgan fingerprint density at radius 2 is 1.69 bits per heavy atom. The van der Waals surface area contributed by atoms with E-state index in [1.54, 1.807) is 24.3 Å². The first-order valence-electron chi connectivity index (χ1n) is 11.0. The average molecular weight is 435 g/mol. The molecule has 0 atom stereocenters. The van der Waals surface area contributed by atoms with Crippen molar-refractivity contribution in [3.8, 4) is 5.75 Å². The van der Waals surface area contributed by atoms with Gasteiger partial charge in [0.25, 0.3) is 0 Å². The third-order valence-electron chi connectivity index (χ3n) is 5.75. The quantitative estimate of drug-likeness (QED) is 0.423. The first kappa shape index (κ1) is 21.7. The van der Waals surface area contributed by atoms with Crippen molar-refractivity contribution in [1.29, 1.82) is 0 Å². The van der Waals surface area contributed by atoms with Gasteiger partial charge in [-0.15, -0.1) is 0 Å². The van der Waals surface area contributed by atoms with Crippen molar-refractivity contribution in [2.75, 3.05) is 36.2 Å². The van der Waals surface area contributed by atoms with Gasteiger partial charge in [-0.1, -0.05) is 12.1 Å². The molecule has 0 aliphatic heterocycles. The Morgan fingerprint density at radius 1 is 1.00 bits per heavy atom. The largest absolute Gasteiger partial charge is 0.508 e. The maximum Gasteiger partial charge on any atom is 0.239 e. The molecule has 0 unspecified atom stereocenters. The SMILES string of the molecule is CN(C)c1nc(NC2CCC(NC(=O)CNc3ccc(O)cc3)CC2)nc2ccccc12. The summed E-state index contributed by atoms with van der Waals surface area (Å²) in [6.07, 6.45) is 3.72. The fraction of sp³-hybridized carbons (Fsp3) is 0.375. The van der Waals surface area contributed by atoms with Gasteiger partial charge in [0.15, 0.2) is 0 Å². The van der Waals surface area contributed by atoms with Crippen molar-refractivity contribution in [2.45, 2.75) is 37.8 Å². The number of carbonyl (C=O) groups is 1. The van der Waals surface area contributed by atoms with E-state index in [0.717, 1.165) is 48.1 Å². The molecule has 32 heavy (non-hydrogen) atoms. The Bertz CT molecular complexity index is 1060. The second kappa shape index (κ2) is 9.72. The van der Waals surface area contributed by atoms with Crippen LogP contribution in [0.1, 0.15) is 25.7 Å². The van der Waals surface area contributed by atoms with E-state index in [-0.39, 0.29) is 30.3 Å². The number of rotatable bonds is 7. The highest BCUT2D eigenvalue weighted by Crippen LogP contribution is 2.26. The van der Waals surface area contributed by atoms with Crippen LogP contribution >= 0.6 is 0 Å². The van der Waals surface area contributed by atoms with Gasteiger partial charge in [0.2, 0.25) is 11.9 Å². The van der Waals surface area contributed by atoms with Gasteiger partial charge in [-0.3, -0.25) is 4.79 Å². The summed E-state index contributed by atoms with van der Waals surface area (Å²) < 4.78 is 0. The van der Waals surface area contributed by atoms with Gasteiger partial charge in [-0.2, -0.15) is 4.98 Å². The van der Waals surface area contributed by atoms with Crippen molar-refractivity contribution in [3.63, 3.8) is 0 Å². The third-order valence-corrected chi connectivity index (χ3v) is 5.75. The number of nitrogens with zero attached hydrogens (tertiary/aromatic N) is 3. The number of benzene rings is 2. The number of nitrogens with one attached hydrogen (secondary N) is 3. The fourth-order valence-corrected chi connectivity index (χ4v) is 4.07. The second-order valence-electron chi connectivity index (χ2n) is 8.44.